The lowest BCUT2D eigenvalue weighted by molar-refractivity contribution is -0.144. The molecule has 2 aromatic carbocycles. The Balaban J connectivity index is 1.65. The Morgan fingerprint density at radius 2 is 1.87 bits per heavy atom. The number of carboxylic acid groups (broad SMARTS) is 1. The minimum absolute atomic E-state index is 0.135. The lowest BCUT2D eigenvalue weighted by atomic mass is 9.77. The number of piperidine rings is 1. The van der Waals surface area contributed by atoms with Gasteiger partial charge in [0.25, 0.3) is 0 Å². The number of nitrogens with two attached hydrogens (primary N) is 1. The van der Waals surface area contributed by atoms with Crippen molar-refractivity contribution in [1.82, 2.24) is 4.90 Å². The van der Waals surface area contributed by atoms with Crippen LogP contribution in [0.3, 0.4) is 0 Å². The number of likely N-dealkylation sites (tertiary alicyclic amines) is 1. The summed E-state index contributed by atoms with van der Waals surface area (Å²) < 4.78 is 14.1. The van der Waals surface area contributed by atoms with E-state index in [-0.39, 0.29) is 18.1 Å². The summed E-state index contributed by atoms with van der Waals surface area (Å²) in [5, 5.41) is 29.1. The summed E-state index contributed by atoms with van der Waals surface area (Å²) in [4.78, 5) is 14.1. The van der Waals surface area contributed by atoms with Crippen LogP contribution in [0, 0.1) is 11.7 Å². The number of rotatable bonds is 8. The van der Waals surface area contributed by atoms with E-state index in [1.165, 1.54) is 12.1 Å². The van der Waals surface area contributed by atoms with E-state index in [9.17, 15) is 14.3 Å². The fourth-order valence-electron chi connectivity index (χ4n) is 4.18. The molecule has 1 atom stereocenters. The van der Waals surface area contributed by atoms with Gasteiger partial charge in [0, 0.05) is 11.9 Å². The van der Waals surface area contributed by atoms with Gasteiger partial charge in [-0.1, -0.05) is 42.5 Å². The Labute approximate surface area is 175 Å². The predicted molar refractivity (Wildman–Crippen MR) is 115 cm³/mol. The van der Waals surface area contributed by atoms with Crippen LogP contribution in [-0.4, -0.2) is 51.8 Å². The van der Waals surface area contributed by atoms with E-state index >= 15 is 0 Å². The molecule has 1 heterocycles. The monoisotopic (exact) mass is 414 g/mol. The molecule has 6 nitrogen and oxygen atoms in total. The Bertz CT molecular complexity index is 915. The normalized spacial score (nSPS) is 18.0. The highest BCUT2D eigenvalue weighted by molar-refractivity contribution is 6.40. The summed E-state index contributed by atoms with van der Waals surface area (Å²) in [6.07, 6.45) is 4.86. The summed E-state index contributed by atoms with van der Waals surface area (Å²) >= 11 is 0. The molecule has 0 aromatic heterocycles. The van der Waals surface area contributed by atoms with Gasteiger partial charge in [-0.05, 0) is 61.6 Å². The van der Waals surface area contributed by atoms with E-state index in [1.54, 1.807) is 12.1 Å². The number of aliphatic carboxylic acids is 1. The van der Waals surface area contributed by atoms with Gasteiger partial charge in [-0.25, -0.2) is 9.18 Å². The molecule has 160 valence electrons. The lowest BCUT2D eigenvalue weighted by Gasteiger charge is -2.38. The molecule has 0 radical (unpaired) electrons. The third-order valence-electron chi connectivity index (χ3n) is 5.97. The van der Waals surface area contributed by atoms with E-state index in [4.69, 9.17) is 15.8 Å². The van der Waals surface area contributed by atoms with Crippen molar-refractivity contribution in [3.8, 4) is 0 Å². The maximum Gasteiger partial charge on any atom is 0.451 e. The van der Waals surface area contributed by atoms with Crippen molar-refractivity contribution in [3.05, 3.63) is 59.9 Å². The molecule has 2 aromatic rings. The summed E-state index contributed by atoms with van der Waals surface area (Å²) in [6, 6.07) is 10.7. The number of hydrogen-bond acceptors (Lipinski definition) is 5. The third kappa shape index (κ3) is 5.07. The number of fused-ring (bicyclic) bond motifs is 1. The second-order valence-corrected chi connectivity index (χ2v) is 8.00. The Morgan fingerprint density at radius 3 is 2.50 bits per heavy atom. The number of carboxylic acids is 1. The Hall–Kier alpha value is -2.26. The second-order valence-electron chi connectivity index (χ2n) is 8.00. The molecule has 0 bridgehead atoms. The van der Waals surface area contributed by atoms with Crippen molar-refractivity contribution >= 4 is 23.9 Å². The molecule has 1 fully saturated rings. The summed E-state index contributed by atoms with van der Waals surface area (Å²) in [5.41, 5.74) is 5.82. The summed E-state index contributed by atoms with van der Waals surface area (Å²) in [7, 11) is -1.42. The average Bonchev–Trinajstić information content (AvgIpc) is 2.73. The molecule has 5 N–H and O–H groups in total. The van der Waals surface area contributed by atoms with Crippen molar-refractivity contribution in [2.75, 3.05) is 13.1 Å². The van der Waals surface area contributed by atoms with Crippen LogP contribution in [0.2, 0.25) is 6.32 Å². The van der Waals surface area contributed by atoms with Crippen LogP contribution in [0.5, 0.6) is 0 Å². The van der Waals surface area contributed by atoms with E-state index < -0.39 is 18.6 Å². The van der Waals surface area contributed by atoms with Crippen molar-refractivity contribution in [2.24, 2.45) is 11.7 Å². The first-order chi connectivity index (χ1) is 14.3. The molecule has 1 aliphatic rings. The van der Waals surface area contributed by atoms with Gasteiger partial charge in [0.15, 0.2) is 0 Å². The summed E-state index contributed by atoms with van der Waals surface area (Å²) in [6.45, 7) is 2.07. The van der Waals surface area contributed by atoms with Gasteiger partial charge in [-0.2, -0.15) is 0 Å². The third-order valence-corrected chi connectivity index (χ3v) is 5.97. The Morgan fingerprint density at radius 1 is 1.20 bits per heavy atom. The number of carbonyl (C=O) groups is 1. The van der Waals surface area contributed by atoms with Gasteiger partial charge in [-0.3, -0.25) is 4.90 Å². The first-order valence-corrected chi connectivity index (χ1v) is 10.3. The van der Waals surface area contributed by atoms with Gasteiger partial charge in [0.2, 0.25) is 0 Å². The van der Waals surface area contributed by atoms with Crippen molar-refractivity contribution < 1.29 is 24.3 Å². The standard InChI is InChI=1S/C22H28BFN2O4/c24-20-8-7-16(18-5-1-2-6-19(18)20)15-26-13-9-17(10-14-26)22(25,21(27)28)11-3-4-12-23(29)30/h1-3,5-8,11,17,29-30H,4,9-10,12-15,25H2,(H,27,28). The number of benzene rings is 2. The highest BCUT2D eigenvalue weighted by Crippen LogP contribution is 2.30. The highest BCUT2D eigenvalue weighted by Gasteiger charge is 2.41. The molecule has 0 aliphatic carbocycles. The maximum atomic E-state index is 14.1. The predicted octanol–water partition coefficient (Wildman–Crippen LogP) is 2.39. The highest BCUT2D eigenvalue weighted by atomic mass is 19.1. The first kappa shape index (κ1) is 22.4. The lowest BCUT2D eigenvalue weighted by Crippen LogP contribution is -2.55. The zero-order valence-electron chi connectivity index (χ0n) is 16.9. The molecule has 1 unspecified atom stereocenters. The van der Waals surface area contributed by atoms with Crippen LogP contribution in [0.25, 0.3) is 10.8 Å². The van der Waals surface area contributed by atoms with Crippen LogP contribution in [-0.2, 0) is 11.3 Å². The van der Waals surface area contributed by atoms with Crippen LogP contribution >= 0.6 is 0 Å². The van der Waals surface area contributed by atoms with Crippen LogP contribution < -0.4 is 5.73 Å². The van der Waals surface area contributed by atoms with Crippen LogP contribution in [0.4, 0.5) is 4.39 Å². The van der Waals surface area contributed by atoms with Crippen molar-refractivity contribution in [3.63, 3.8) is 0 Å². The number of nitrogens with zero attached hydrogens (tertiary/aromatic N) is 1. The minimum Gasteiger partial charge on any atom is -0.480 e. The topological polar surface area (TPSA) is 107 Å². The fraction of sp³-hybridized carbons (Fsp3) is 0.409. The maximum absolute atomic E-state index is 14.1. The van der Waals surface area contributed by atoms with Crippen LogP contribution in [0.1, 0.15) is 24.8 Å². The van der Waals surface area contributed by atoms with Crippen molar-refractivity contribution in [2.45, 2.75) is 37.7 Å². The molecule has 0 amide bonds. The number of allylic oxidation sites excluding steroid dienone is 1. The van der Waals surface area contributed by atoms with Gasteiger partial charge >= 0.3 is 13.1 Å². The van der Waals surface area contributed by atoms with E-state index in [1.807, 2.05) is 24.3 Å². The molecule has 30 heavy (non-hydrogen) atoms. The molecule has 8 heteroatoms. The van der Waals surface area contributed by atoms with Crippen molar-refractivity contribution in [1.29, 1.82) is 0 Å². The zero-order valence-corrected chi connectivity index (χ0v) is 16.9. The smallest absolute Gasteiger partial charge is 0.451 e. The number of halogens is 1. The molecule has 1 saturated heterocycles. The second kappa shape index (κ2) is 9.70. The number of hydrogen-bond donors (Lipinski definition) is 4. The zero-order chi connectivity index (χ0) is 21.7. The van der Waals surface area contributed by atoms with E-state index in [0.29, 0.717) is 44.3 Å². The van der Waals surface area contributed by atoms with Gasteiger partial charge in [0.1, 0.15) is 11.4 Å². The molecular weight excluding hydrogens is 386 g/mol. The van der Waals surface area contributed by atoms with Gasteiger partial charge in [-0.15, -0.1) is 0 Å². The van der Waals surface area contributed by atoms with Gasteiger partial charge < -0.3 is 20.9 Å². The quantitative estimate of drug-likeness (QED) is 0.391. The van der Waals surface area contributed by atoms with Crippen LogP contribution in [0.15, 0.2) is 48.6 Å². The SMILES string of the molecule is NC(C=CCCB(O)O)(C(=O)O)C1CCN(Cc2ccc(F)c3ccccc23)CC1. The first-order valence-electron chi connectivity index (χ1n) is 10.3. The molecule has 0 saturated carbocycles. The minimum atomic E-state index is -1.48. The molecule has 1 aliphatic heterocycles. The average molecular weight is 414 g/mol. The fourth-order valence-corrected chi connectivity index (χ4v) is 4.18. The van der Waals surface area contributed by atoms with Gasteiger partial charge in [0.05, 0.1) is 0 Å². The van der Waals surface area contributed by atoms with E-state index in [0.717, 1.165) is 10.9 Å². The molecular formula is C22H28BFN2O4. The Kier molecular flexibility index (Phi) is 7.25. The summed E-state index contributed by atoms with van der Waals surface area (Å²) in [5.74, 6) is -1.53. The van der Waals surface area contributed by atoms with E-state index in [2.05, 4.69) is 4.90 Å². The largest absolute Gasteiger partial charge is 0.480 e. The molecule has 0 spiro atoms. The molecule has 3 rings (SSSR count).